The fourth-order valence-corrected chi connectivity index (χ4v) is 4.41. The maximum Gasteiger partial charge on any atom is 0.270 e. The lowest BCUT2D eigenvalue weighted by molar-refractivity contribution is -0.384. The molecule has 1 aromatic heterocycles. The second kappa shape index (κ2) is 9.84. The first-order valence-electron chi connectivity index (χ1n) is 11.3. The Morgan fingerprint density at radius 3 is 2.76 bits per heavy atom. The molecule has 1 fully saturated rings. The number of hydrogen-bond acceptors (Lipinski definition) is 7. The highest BCUT2D eigenvalue weighted by atomic mass is 16.6. The second-order valence-electron chi connectivity index (χ2n) is 8.25. The number of nitrogens with zero attached hydrogens (tertiary/aromatic N) is 4. The van der Waals surface area contributed by atoms with Crippen molar-refractivity contribution in [2.75, 3.05) is 31.7 Å². The summed E-state index contributed by atoms with van der Waals surface area (Å²) in [6.45, 7) is 2.96. The van der Waals surface area contributed by atoms with Crippen LogP contribution in [0.2, 0.25) is 0 Å². The fourth-order valence-electron chi connectivity index (χ4n) is 4.41. The van der Waals surface area contributed by atoms with Gasteiger partial charge in [-0.05, 0) is 53.8 Å². The lowest BCUT2D eigenvalue weighted by Crippen LogP contribution is -2.36. The highest BCUT2D eigenvalue weighted by molar-refractivity contribution is 5.85. The van der Waals surface area contributed by atoms with Gasteiger partial charge in [0.05, 0.1) is 29.9 Å². The Balaban J connectivity index is 1.42. The number of pyridine rings is 1. The number of para-hydroxylation sites is 1. The molecule has 0 unspecified atom stereocenters. The molecule has 0 saturated carbocycles. The second-order valence-corrected chi connectivity index (χ2v) is 8.25. The number of nitro groups is 1. The number of morpholine rings is 1. The van der Waals surface area contributed by atoms with E-state index in [0.29, 0.717) is 19.0 Å². The van der Waals surface area contributed by atoms with Crippen molar-refractivity contribution in [2.24, 2.45) is 5.10 Å². The Hall–Kier alpha value is -4.04. The zero-order chi connectivity index (χ0) is 23.3. The molecule has 2 heterocycles. The van der Waals surface area contributed by atoms with Gasteiger partial charge in [0.1, 0.15) is 5.82 Å². The number of ether oxygens (including phenoxy) is 1. The maximum atomic E-state index is 11.2. The molecule has 0 atom stereocenters. The molecular weight excluding hydrogens is 430 g/mol. The molecule has 8 heteroatoms. The van der Waals surface area contributed by atoms with Gasteiger partial charge in [-0.3, -0.25) is 15.5 Å². The summed E-state index contributed by atoms with van der Waals surface area (Å²) < 4.78 is 5.55. The highest BCUT2D eigenvalue weighted by Crippen LogP contribution is 2.35. The van der Waals surface area contributed by atoms with E-state index in [1.54, 1.807) is 12.1 Å². The van der Waals surface area contributed by atoms with Crippen LogP contribution in [0, 0.1) is 10.1 Å². The highest BCUT2D eigenvalue weighted by Gasteiger charge is 2.25. The lowest BCUT2D eigenvalue weighted by Gasteiger charge is -2.31. The Morgan fingerprint density at radius 2 is 1.91 bits per heavy atom. The minimum absolute atomic E-state index is 0.0955. The number of nitro benzene ring substituents is 1. The molecule has 0 amide bonds. The van der Waals surface area contributed by atoms with E-state index in [4.69, 9.17) is 4.74 Å². The van der Waals surface area contributed by atoms with Gasteiger partial charge in [-0.1, -0.05) is 30.3 Å². The van der Waals surface area contributed by atoms with Crippen molar-refractivity contribution in [3.63, 3.8) is 0 Å². The van der Waals surface area contributed by atoms with Crippen LogP contribution >= 0.6 is 0 Å². The van der Waals surface area contributed by atoms with Crippen LogP contribution in [0.25, 0.3) is 17.0 Å². The molecule has 8 nitrogen and oxygen atoms in total. The third-order valence-corrected chi connectivity index (χ3v) is 6.02. The molecule has 0 spiro atoms. The van der Waals surface area contributed by atoms with Gasteiger partial charge < -0.3 is 9.64 Å². The quantitative estimate of drug-likeness (QED) is 0.319. The standard InChI is InChI=1S/C26H25N5O3/c32-31(33)23-6-3-4-19(17-23)16-21-8-9-22(26(21)30-12-14-34-15-13-30)18-27-29-25-11-10-20-5-1-2-7-24(20)28-25/h1-7,10-11,16-18H,8-9,12-15H2,(H,28,29)/b21-16-,27-18+. The summed E-state index contributed by atoms with van der Waals surface area (Å²) in [6, 6.07) is 18.7. The van der Waals surface area contributed by atoms with Crippen molar-refractivity contribution in [1.82, 2.24) is 9.88 Å². The van der Waals surface area contributed by atoms with E-state index in [1.807, 2.05) is 48.7 Å². The number of fused-ring (bicyclic) bond motifs is 1. The number of anilines is 1. The summed E-state index contributed by atoms with van der Waals surface area (Å²) in [4.78, 5) is 17.8. The van der Waals surface area contributed by atoms with E-state index in [-0.39, 0.29) is 10.6 Å². The molecule has 5 rings (SSSR count). The average molecular weight is 456 g/mol. The van der Waals surface area contributed by atoms with Crippen LogP contribution in [0.1, 0.15) is 18.4 Å². The van der Waals surface area contributed by atoms with Gasteiger partial charge in [0.25, 0.3) is 5.69 Å². The molecule has 0 bridgehead atoms. The van der Waals surface area contributed by atoms with Crippen LogP contribution in [0.3, 0.4) is 0 Å². The number of rotatable bonds is 6. The molecule has 3 aromatic rings. The van der Waals surface area contributed by atoms with E-state index in [2.05, 4.69) is 26.5 Å². The largest absolute Gasteiger partial charge is 0.378 e. The van der Waals surface area contributed by atoms with Crippen molar-refractivity contribution in [3.8, 4) is 0 Å². The topological polar surface area (TPSA) is 92.9 Å². The molecule has 172 valence electrons. The van der Waals surface area contributed by atoms with Crippen molar-refractivity contribution in [1.29, 1.82) is 0 Å². The minimum atomic E-state index is -0.361. The van der Waals surface area contributed by atoms with E-state index in [0.717, 1.165) is 59.2 Å². The van der Waals surface area contributed by atoms with Crippen molar-refractivity contribution in [3.05, 3.63) is 93.2 Å². The SMILES string of the molecule is O=[N+]([O-])c1cccc(/C=C2/CCC(/C=N/Nc3ccc4ccccc4n3)=C2N2CCOCC2)c1. The molecule has 0 radical (unpaired) electrons. The van der Waals surface area contributed by atoms with E-state index in [1.165, 1.54) is 6.07 Å². The number of hydrogen-bond donors (Lipinski definition) is 1. The van der Waals surface area contributed by atoms with Gasteiger partial charge in [0, 0.05) is 36.3 Å². The summed E-state index contributed by atoms with van der Waals surface area (Å²) >= 11 is 0. The van der Waals surface area contributed by atoms with E-state index < -0.39 is 0 Å². The van der Waals surface area contributed by atoms with Crippen LogP contribution < -0.4 is 5.43 Å². The van der Waals surface area contributed by atoms with Crippen molar-refractivity contribution in [2.45, 2.75) is 12.8 Å². The summed E-state index contributed by atoms with van der Waals surface area (Å²) in [5.41, 5.74) is 8.33. The van der Waals surface area contributed by atoms with Gasteiger partial charge >= 0.3 is 0 Å². The van der Waals surface area contributed by atoms with Crippen LogP contribution in [-0.2, 0) is 4.74 Å². The molecule has 1 saturated heterocycles. The summed E-state index contributed by atoms with van der Waals surface area (Å²) in [7, 11) is 0. The average Bonchev–Trinajstić information content (AvgIpc) is 3.26. The predicted octanol–water partition coefficient (Wildman–Crippen LogP) is 5.00. The molecule has 2 aliphatic rings. The zero-order valence-corrected chi connectivity index (χ0v) is 18.7. The van der Waals surface area contributed by atoms with Gasteiger partial charge in [-0.2, -0.15) is 5.10 Å². The fraction of sp³-hybridized carbons (Fsp3) is 0.231. The van der Waals surface area contributed by atoms with Crippen LogP contribution in [0.15, 0.2) is 82.6 Å². The zero-order valence-electron chi connectivity index (χ0n) is 18.7. The molecule has 34 heavy (non-hydrogen) atoms. The number of aromatic nitrogens is 1. The van der Waals surface area contributed by atoms with Crippen molar-refractivity contribution >= 4 is 34.7 Å². The van der Waals surface area contributed by atoms with Gasteiger partial charge in [0.15, 0.2) is 0 Å². The molecular formula is C26H25N5O3. The molecule has 1 aliphatic heterocycles. The number of benzene rings is 2. The lowest BCUT2D eigenvalue weighted by atomic mass is 10.1. The van der Waals surface area contributed by atoms with Gasteiger partial charge in [-0.25, -0.2) is 4.98 Å². The third-order valence-electron chi connectivity index (χ3n) is 6.02. The number of non-ortho nitro benzene ring substituents is 1. The normalized spacial score (nSPS) is 17.8. The summed E-state index contributed by atoms with van der Waals surface area (Å²) in [5, 5.41) is 16.8. The Kier molecular flexibility index (Phi) is 6.31. The molecule has 1 aliphatic carbocycles. The molecule has 1 N–H and O–H groups in total. The first-order chi connectivity index (χ1) is 16.7. The smallest absolute Gasteiger partial charge is 0.270 e. The monoisotopic (exact) mass is 455 g/mol. The maximum absolute atomic E-state index is 11.2. The van der Waals surface area contributed by atoms with Crippen LogP contribution in [0.5, 0.6) is 0 Å². The molecule has 2 aromatic carbocycles. The van der Waals surface area contributed by atoms with Crippen LogP contribution in [0.4, 0.5) is 11.5 Å². The number of nitrogens with one attached hydrogen (secondary N) is 1. The van der Waals surface area contributed by atoms with Crippen LogP contribution in [-0.4, -0.2) is 47.3 Å². The summed E-state index contributed by atoms with van der Waals surface area (Å²) in [6.07, 6.45) is 5.63. The van der Waals surface area contributed by atoms with E-state index in [9.17, 15) is 10.1 Å². The predicted molar refractivity (Wildman–Crippen MR) is 134 cm³/mol. The Bertz CT molecular complexity index is 1310. The summed E-state index contributed by atoms with van der Waals surface area (Å²) in [5.74, 6) is 0.689. The first-order valence-corrected chi connectivity index (χ1v) is 11.3. The third kappa shape index (κ3) is 4.82. The minimum Gasteiger partial charge on any atom is -0.378 e. The Labute approximate surface area is 197 Å². The van der Waals surface area contributed by atoms with Crippen molar-refractivity contribution < 1.29 is 9.66 Å². The van der Waals surface area contributed by atoms with Gasteiger partial charge in [0.2, 0.25) is 0 Å². The first kappa shape index (κ1) is 21.8. The number of allylic oxidation sites excluding steroid dienone is 2. The Morgan fingerprint density at radius 1 is 1.06 bits per heavy atom. The number of hydrazone groups is 1. The van der Waals surface area contributed by atoms with E-state index >= 15 is 0 Å². The van der Waals surface area contributed by atoms with Gasteiger partial charge in [-0.15, -0.1) is 0 Å².